The van der Waals surface area contributed by atoms with Gasteiger partial charge in [-0.05, 0) is 25.2 Å². The molecule has 0 spiro atoms. The number of hydrogen-bond donors (Lipinski definition) is 1. The number of rotatable bonds is 3. The van der Waals surface area contributed by atoms with Crippen LogP contribution < -0.4 is 5.32 Å². The van der Waals surface area contributed by atoms with Crippen molar-refractivity contribution in [2.75, 3.05) is 11.6 Å². The van der Waals surface area contributed by atoms with Gasteiger partial charge in [-0.3, -0.25) is 0 Å². The summed E-state index contributed by atoms with van der Waals surface area (Å²) in [6, 6.07) is 2.04. The number of hydrogen-bond acceptors (Lipinski definition) is 3. The van der Waals surface area contributed by atoms with Crippen molar-refractivity contribution in [3.8, 4) is 0 Å². The first-order valence-corrected chi connectivity index (χ1v) is 8.35. The number of anilines is 1. The molecule has 1 aliphatic carbocycles. The van der Waals surface area contributed by atoms with E-state index in [-0.39, 0.29) is 0 Å². The summed E-state index contributed by atoms with van der Waals surface area (Å²) in [7, 11) is 0. The van der Waals surface area contributed by atoms with Gasteiger partial charge in [0.25, 0.3) is 0 Å². The maximum absolute atomic E-state index is 6.14. The molecule has 0 aromatic carbocycles. The lowest BCUT2D eigenvalue weighted by molar-refractivity contribution is 0.474. The predicted octanol–water partition coefficient (Wildman–Crippen LogP) is 5.13. The maximum atomic E-state index is 6.14. The van der Waals surface area contributed by atoms with Gasteiger partial charge in [0.1, 0.15) is 11.0 Å². The Labute approximate surface area is 127 Å². The van der Waals surface area contributed by atoms with Crippen LogP contribution in [0.1, 0.15) is 25.7 Å². The monoisotopic (exact) mass is 324 g/mol. The highest BCUT2D eigenvalue weighted by atomic mass is 35.5. The Hall–Kier alpha value is 0.170. The molecule has 1 aromatic heterocycles. The Balaban J connectivity index is 2.15. The second-order valence-corrected chi connectivity index (χ2v) is 6.65. The molecular weight excluding hydrogens is 311 g/mol. The van der Waals surface area contributed by atoms with E-state index in [1.54, 1.807) is 6.07 Å². The fourth-order valence-electron chi connectivity index (χ4n) is 2.27. The second-order valence-electron chi connectivity index (χ2n) is 4.40. The minimum atomic E-state index is 0.292. The van der Waals surface area contributed by atoms with E-state index in [9.17, 15) is 0 Å². The van der Waals surface area contributed by atoms with E-state index < -0.39 is 0 Å². The molecule has 1 aliphatic rings. The molecule has 1 saturated carbocycles. The number of thioether (sulfide) groups is 1. The number of nitrogens with zero attached hydrogens (tertiary/aromatic N) is 1. The summed E-state index contributed by atoms with van der Waals surface area (Å²) < 4.78 is 0. The zero-order valence-electron chi connectivity index (χ0n) is 10.0. The van der Waals surface area contributed by atoms with Gasteiger partial charge >= 0.3 is 0 Å². The Kier molecular flexibility index (Phi) is 5.31. The molecule has 1 aromatic rings. The molecule has 2 atom stereocenters. The number of pyridine rings is 1. The van der Waals surface area contributed by atoms with Crippen LogP contribution in [0.25, 0.3) is 0 Å². The minimum Gasteiger partial charge on any atom is -0.365 e. The van der Waals surface area contributed by atoms with Crippen LogP contribution in [0.15, 0.2) is 6.07 Å². The van der Waals surface area contributed by atoms with Crippen LogP contribution in [-0.4, -0.2) is 22.5 Å². The highest BCUT2D eigenvalue weighted by molar-refractivity contribution is 7.99. The highest BCUT2D eigenvalue weighted by Gasteiger charge is 2.25. The molecule has 18 heavy (non-hydrogen) atoms. The third-order valence-electron chi connectivity index (χ3n) is 3.21. The average Bonchev–Trinajstić information content (AvgIpc) is 2.36. The van der Waals surface area contributed by atoms with E-state index >= 15 is 0 Å². The lowest BCUT2D eigenvalue weighted by Gasteiger charge is -2.31. The topological polar surface area (TPSA) is 24.9 Å². The molecule has 0 aliphatic heterocycles. The Morgan fingerprint density at radius 2 is 1.94 bits per heavy atom. The number of halogens is 3. The van der Waals surface area contributed by atoms with Gasteiger partial charge < -0.3 is 5.32 Å². The molecule has 6 heteroatoms. The highest BCUT2D eigenvalue weighted by Crippen LogP contribution is 2.33. The number of aromatic nitrogens is 1. The summed E-state index contributed by atoms with van der Waals surface area (Å²) in [5, 5.41) is 5.22. The summed E-state index contributed by atoms with van der Waals surface area (Å²) in [6.45, 7) is 0. The lowest BCUT2D eigenvalue weighted by atomic mass is 9.95. The van der Waals surface area contributed by atoms with Gasteiger partial charge in [0.05, 0.1) is 10.0 Å². The zero-order valence-corrected chi connectivity index (χ0v) is 13.1. The van der Waals surface area contributed by atoms with E-state index in [1.165, 1.54) is 19.3 Å². The van der Waals surface area contributed by atoms with E-state index in [4.69, 9.17) is 34.8 Å². The first-order valence-electron chi connectivity index (χ1n) is 5.92. The molecule has 2 unspecified atom stereocenters. The van der Waals surface area contributed by atoms with E-state index in [1.807, 2.05) is 11.8 Å². The summed E-state index contributed by atoms with van der Waals surface area (Å²) in [5.74, 6) is 0.636. The van der Waals surface area contributed by atoms with Crippen molar-refractivity contribution in [3.05, 3.63) is 21.3 Å². The van der Waals surface area contributed by atoms with Crippen LogP contribution in [0.5, 0.6) is 0 Å². The SMILES string of the molecule is CSC1CCCCC1Nc1nc(Cl)c(Cl)cc1Cl. The van der Waals surface area contributed by atoms with E-state index in [0.717, 1.165) is 6.42 Å². The Bertz CT molecular complexity index is 428. The van der Waals surface area contributed by atoms with Crippen molar-refractivity contribution in [2.45, 2.75) is 37.0 Å². The van der Waals surface area contributed by atoms with Crippen LogP contribution in [0.3, 0.4) is 0 Å². The van der Waals surface area contributed by atoms with E-state index in [2.05, 4.69) is 16.6 Å². The van der Waals surface area contributed by atoms with Gasteiger partial charge in [0.15, 0.2) is 0 Å². The van der Waals surface area contributed by atoms with Crippen LogP contribution >= 0.6 is 46.6 Å². The molecular formula is C12H15Cl3N2S. The van der Waals surface area contributed by atoms with Gasteiger partial charge in [-0.15, -0.1) is 0 Å². The van der Waals surface area contributed by atoms with Crippen molar-refractivity contribution < 1.29 is 0 Å². The third-order valence-corrected chi connectivity index (χ3v) is 5.34. The number of nitrogens with one attached hydrogen (secondary N) is 1. The second kappa shape index (κ2) is 6.56. The standard InChI is InChI=1S/C12H15Cl3N2S/c1-18-10-5-3-2-4-9(10)16-12-8(14)6-7(13)11(15)17-12/h6,9-10H,2-5H2,1H3,(H,16,17). The smallest absolute Gasteiger partial charge is 0.150 e. The van der Waals surface area contributed by atoms with E-state index in [0.29, 0.717) is 32.3 Å². The molecule has 0 bridgehead atoms. The van der Waals surface area contributed by atoms with Gasteiger partial charge in [-0.25, -0.2) is 4.98 Å². The molecule has 0 radical (unpaired) electrons. The molecule has 0 amide bonds. The van der Waals surface area contributed by atoms with Gasteiger partial charge in [-0.1, -0.05) is 47.6 Å². The molecule has 2 rings (SSSR count). The van der Waals surface area contributed by atoms with Crippen LogP contribution in [0, 0.1) is 0 Å². The maximum Gasteiger partial charge on any atom is 0.150 e. The quantitative estimate of drug-likeness (QED) is 0.780. The largest absolute Gasteiger partial charge is 0.365 e. The molecule has 2 nitrogen and oxygen atoms in total. The van der Waals surface area contributed by atoms with Crippen molar-refractivity contribution in [2.24, 2.45) is 0 Å². The van der Waals surface area contributed by atoms with Crippen molar-refractivity contribution in [1.29, 1.82) is 0 Å². The first kappa shape index (κ1) is 14.6. The van der Waals surface area contributed by atoms with Crippen LogP contribution in [0.4, 0.5) is 5.82 Å². The summed E-state index contributed by atoms with van der Waals surface area (Å²) >= 11 is 19.8. The normalized spacial score (nSPS) is 24.0. The molecule has 0 saturated heterocycles. The summed E-state index contributed by atoms with van der Waals surface area (Å²) in [5.41, 5.74) is 0. The van der Waals surface area contributed by atoms with Crippen LogP contribution in [0.2, 0.25) is 15.2 Å². The van der Waals surface area contributed by atoms with Gasteiger partial charge in [0, 0.05) is 11.3 Å². The average molecular weight is 326 g/mol. The minimum absolute atomic E-state index is 0.292. The Morgan fingerprint density at radius 1 is 1.22 bits per heavy atom. The summed E-state index contributed by atoms with van der Waals surface area (Å²) in [6.07, 6.45) is 7.07. The lowest BCUT2D eigenvalue weighted by Crippen LogP contribution is -2.34. The third kappa shape index (κ3) is 3.38. The molecule has 100 valence electrons. The first-order chi connectivity index (χ1) is 8.61. The molecule has 1 N–H and O–H groups in total. The predicted molar refractivity (Wildman–Crippen MR) is 82.4 cm³/mol. The zero-order chi connectivity index (χ0) is 13.1. The van der Waals surface area contributed by atoms with Crippen molar-refractivity contribution >= 4 is 52.4 Å². The Morgan fingerprint density at radius 3 is 2.67 bits per heavy atom. The fourth-order valence-corrected chi connectivity index (χ4v) is 3.75. The molecule has 1 fully saturated rings. The fraction of sp³-hybridized carbons (Fsp3) is 0.583. The van der Waals surface area contributed by atoms with Gasteiger partial charge in [-0.2, -0.15) is 11.8 Å². The summed E-state index contributed by atoms with van der Waals surface area (Å²) in [4.78, 5) is 4.22. The van der Waals surface area contributed by atoms with Gasteiger partial charge in [0.2, 0.25) is 0 Å². The van der Waals surface area contributed by atoms with Crippen molar-refractivity contribution in [3.63, 3.8) is 0 Å². The van der Waals surface area contributed by atoms with Crippen molar-refractivity contribution in [1.82, 2.24) is 4.98 Å². The molecule has 1 heterocycles. The van der Waals surface area contributed by atoms with Crippen LogP contribution in [-0.2, 0) is 0 Å².